The molecule has 0 saturated carbocycles. The van der Waals surface area contributed by atoms with Crippen LogP contribution in [-0.4, -0.2) is 52.9 Å². The maximum atomic E-state index is 14.3. The van der Waals surface area contributed by atoms with E-state index in [-0.39, 0.29) is 30.7 Å². The number of para-hydroxylation sites is 1. The molecule has 2 heterocycles. The Kier molecular flexibility index (Phi) is 4.86. The number of rotatable bonds is 3. The zero-order valence-electron chi connectivity index (χ0n) is 15.8. The Bertz CT molecular complexity index is 1040. The molecule has 1 saturated heterocycles. The van der Waals surface area contributed by atoms with Crippen LogP contribution in [0, 0.1) is 5.82 Å². The molecule has 3 aromatic rings. The summed E-state index contributed by atoms with van der Waals surface area (Å²) in [6.45, 7) is 1.48. The predicted molar refractivity (Wildman–Crippen MR) is 106 cm³/mol. The Morgan fingerprint density at radius 1 is 1.07 bits per heavy atom. The fourth-order valence-electron chi connectivity index (χ4n) is 3.68. The molecule has 4 rings (SSSR count). The molecule has 1 aliphatic heterocycles. The molecular formula is C22H22FN3O2. The SMILES string of the molecule is CN1CCCN(C(=O)c2cc3ccccc3n2Cc2ccccc2F)CC1=O. The van der Waals surface area contributed by atoms with Crippen molar-refractivity contribution in [3.63, 3.8) is 0 Å². The lowest BCUT2D eigenvalue weighted by Crippen LogP contribution is -2.38. The van der Waals surface area contributed by atoms with Crippen LogP contribution in [0.4, 0.5) is 4.39 Å². The number of fused-ring (bicyclic) bond motifs is 1. The van der Waals surface area contributed by atoms with Crippen LogP contribution in [0.3, 0.4) is 0 Å². The highest BCUT2D eigenvalue weighted by Crippen LogP contribution is 2.24. The van der Waals surface area contributed by atoms with Gasteiger partial charge in [-0.25, -0.2) is 4.39 Å². The van der Waals surface area contributed by atoms with Gasteiger partial charge in [0.2, 0.25) is 5.91 Å². The van der Waals surface area contributed by atoms with Crippen molar-refractivity contribution in [2.75, 3.05) is 26.7 Å². The van der Waals surface area contributed by atoms with Gasteiger partial charge in [-0.2, -0.15) is 0 Å². The van der Waals surface area contributed by atoms with E-state index in [4.69, 9.17) is 0 Å². The molecule has 2 amide bonds. The van der Waals surface area contributed by atoms with E-state index in [1.807, 2.05) is 34.9 Å². The average Bonchev–Trinajstić information content (AvgIpc) is 2.97. The minimum absolute atomic E-state index is 0.0660. The van der Waals surface area contributed by atoms with Crippen molar-refractivity contribution in [3.05, 3.63) is 71.7 Å². The fraction of sp³-hybridized carbons (Fsp3) is 0.273. The molecule has 1 aromatic heterocycles. The third-order valence-corrected chi connectivity index (χ3v) is 5.28. The van der Waals surface area contributed by atoms with Crippen LogP contribution in [0.2, 0.25) is 0 Å². The second-order valence-electron chi connectivity index (χ2n) is 7.16. The van der Waals surface area contributed by atoms with Crippen LogP contribution in [0.5, 0.6) is 0 Å². The first-order chi connectivity index (χ1) is 13.5. The van der Waals surface area contributed by atoms with E-state index in [0.717, 1.165) is 17.3 Å². The monoisotopic (exact) mass is 379 g/mol. The third-order valence-electron chi connectivity index (χ3n) is 5.28. The number of hydrogen-bond acceptors (Lipinski definition) is 2. The standard InChI is InChI=1S/C22H22FN3O2/c1-24-11-6-12-25(15-21(24)27)22(28)20-13-16-7-3-5-10-19(16)26(20)14-17-8-2-4-9-18(17)23/h2-5,7-10,13H,6,11-12,14-15H2,1H3. The minimum Gasteiger partial charge on any atom is -0.344 e. The molecule has 28 heavy (non-hydrogen) atoms. The largest absolute Gasteiger partial charge is 0.344 e. The maximum absolute atomic E-state index is 14.3. The normalized spacial score (nSPS) is 15.1. The highest BCUT2D eigenvalue weighted by atomic mass is 19.1. The first-order valence-corrected chi connectivity index (χ1v) is 9.39. The van der Waals surface area contributed by atoms with Crippen molar-refractivity contribution < 1.29 is 14.0 Å². The number of halogens is 1. The number of aromatic nitrogens is 1. The highest BCUT2D eigenvalue weighted by Gasteiger charge is 2.26. The molecule has 5 nitrogen and oxygen atoms in total. The Morgan fingerprint density at radius 3 is 2.64 bits per heavy atom. The van der Waals surface area contributed by atoms with Crippen LogP contribution in [-0.2, 0) is 11.3 Å². The minimum atomic E-state index is -0.301. The molecule has 0 unspecified atom stereocenters. The summed E-state index contributed by atoms with van der Waals surface area (Å²) in [5.74, 6) is -0.566. The van der Waals surface area contributed by atoms with Gasteiger partial charge >= 0.3 is 0 Å². The van der Waals surface area contributed by atoms with Gasteiger partial charge in [0.05, 0.1) is 6.54 Å². The Balaban J connectivity index is 1.75. The topological polar surface area (TPSA) is 45.5 Å². The summed E-state index contributed by atoms with van der Waals surface area (Å²) in [6.07, 6.45) is 0.738. The maximum Gasteiger partial charge on any atom is 0.270 e. The first-order valence-electron chi connectivity index (χ1n) is 9.39. The summed E-state index contributed by atoms with van der Waals surface area (Å²) in [5.41, 5.74) is 1.86. The number of likely N-dealkylation sites (N-methyl/N-ethyl adjacent to an activating group) is 1. The van der Waals surface area contributed by atoms with Gasteiger partial charge in [-0.05, 0) is 24.6 Å². The number of benzene rings is 2. The van der Waals surface area contributed by atoms with Crippen molar-refractivity contribution in [1.82, 2.24) is 14.4 Å². The van der Waals surface area contributed by atoms with E-state index < -0.39 is 0 Å². The summed E-state index contributed by atoms with van der Waals surface area (Å²) in [6, 6.07) is 16.1. The lowest BCUT2D eigenvalue weighted by atomic mass is 10.2. The summed E-state index contributed by atoms with van der Waals surface area (Å²) < 4.78 is 16.1. The van der Waals surface area contributed by atoms with Gasteiger partial charge in [0.1, 0.15) is 18.1 Å². The summed E-state index contributed by atoms with van der Waals surface area (Å²) >= 11 is 0. The van der Waals surface area contributed by atoms with Crippen LogP contribution in [0.15, 0.2) is 54.6 Å². The van der Waals surface area contributed by atoms with Gasteiger partial charge < -0.3 is 14.4 Å². The Morgan fingerprint density at radius 2 is 1.82 bits per heavy atom. The third kappa shape index (κ3) is 3.38. The second kappa shape index (κ2) is 7.46. The molecule has 144 valence electrons. The van der Waals surface area contributed by atoms with Gasteiger partial charge in [-0.15, -0.1) is 0 Å². The van der Waals surface area contributed by atoms with E-state index in [0.29, 0.717) is 24.3 Å². The zero-order valence-corrected chi connectivity index (χ0v) is 15.8. The number of carbonyl (C=O) groups excluding carboxylic acids is 2. The van der Waals surface area contributed by atoms with Gasteiger partial charge in [0, 0.05) is 36.6 Å². The van der Waals surface area contributed by atoms with Gasteiger partial charge in [-0.3, -0.25) is 9.59 Å². The molecule has 0 N–H and O–H groups in total. The molecule has 0 radical (unpaired) electrons. The fourth-order valence-corrected chi connectivity index (χ4v) is 3.68. The van der Waals surface area contributed by atoms with E-state index in [1.165, 1.54) is 6.07 Å². The summed E-state index contributed by atoms with van der Waals surface area (Å²) in [7, 11) is 1.76. The number of nitrogens with zero attached hydrogens (tertiary/aromatic N) is 3. The van der Waals surface area contributed by atoms with E-state index >= 15 is 0 Å². The lowest BCUT2D eigenvalue weighted by molar-refractivity contribution is -0.129. The Labute approximate surface area is 163 Å². The van der Waals surface area contributed by atoms with E-state index in [1.54, 1.807) is 35.0 Å². The average molecular weight is 379 g/mol. The van der Waals surface area contributed by atoms with Crippen LogP contribution < -0.4 is 0 Å². The van der Waals surface area contributed by atoms with Crippen LogP contribution in [0.1, 0.15) is 22.5 Å². The molecule has 1 aliphatic rings. The van der Waals surface area contributed by atoms with Gasteiger partial charge in [0.15, 0.2) is 0 Å². The first kappa shape index (κ1) is 18.2. The van der Waals surface area contributed by atoms with Crippen LogP contribution >= 0.6 is 0 Å². The number of carbonyl (C=O) groups is 2. The lowest BCUT2D eigenvalue weighted by Gasteiger charge is -2.21. The van der Waals surface area contributed by atoms with Crippen molar-refractivity contribution >= 4 is 22.7 Å². The van der Waals surface area contributed by atoms with E-state index in [9.17, 15) is 14.0 Å². The highest BCUT2D eigenvalue weighted by molar-refractivity contribution is 6.00. The van der Waals surface area contributed by atoms with Crippen molar-refractivity contribution in [2.24, 2.45) is 0 Å². The summed E-state index contributed by atoms with van der Waals surface area (Å²) in [4.78, 5) is 28.8. The molecule has 0 spiro atoms. The molecule has 0 atom stereocenters. The zero-order chi connectivity index (χ0) is 19.7. The molecule has 2 aromatic carbocycles. The molecule has 0 aliphatic carbocycles. The van der Waals surface area contributed by atoms with Gasteiger partial charge in [0.25, 0.3) is 5.91 Å². The van der Waals surface area contributed by atoms with Crippen LogP contribution in [0.25, 0.3) is 10.9 Å². The molecule has 1 fully saturated rings. The quantitative estimate of drug-likeness (QED) is 0.702. The predicted octanol–water partition coefficient (Wildman–Crippen LogP) is 3.13. The van der Waals surface area contributed by atoms with Crippen molar-refractivity contribution in [3.8, 4) is 0 Å². The van der Waals surface area contributed by atoms with Crippen molar-refractivity contribution in [2.45, 2.75) is 13.0 Å². The molecule has 0 bridgehead atoms. The number of hydrogen-bond donors (Lipinski definition) is 0. The summed E-state index contributed by atoms with van der Waals surface area (Å²) in [5, 5.41) is 0.917. The molecular weight excluding hydrogens is 357 g/mol. The Hall–Kier alpha value is -3.15. The molecule has 6 heteroatoms. The van der Waals surface area contributed by atoms with Crippen molar-refractivity contribution in [1.29, 1.82) is 0 Å². The smallest absolute Gasteiger partial charge is 0.270 e. The number of amides is 2. The van der Waals surface area contributed by atoms with E-state index in [2.05, 4.69) is 0 Å². The second-order valence-corrected chi connectivity index (χ2v) is 7.16. The van der Waals surface area contributed by atoms with Gasteiger partial charge in [-0.1, -0.05) is 36.4 Å².